The predicted molar refractivity (Wildman–Crippen MR) is 85.6 cm³/mol. The van der Waals surface area contributed by atoms with Gasteiger partial charge in [0.15, 0.2) is 0 Å². The molecule has 0 N–H and O–H groups in total. The molecule has 1 heterocycles. The number of anilines is 1. The Kier molecular flexibility index (Phi) is 6.05. The van der Waals surface area contributed by atoms with Gasteiger partial charge in [0, 0.05) is 52.0 Å². The van der Waals surface area contributed by atoms with E-state index in [1.807, 2.05) is 18.0 Å². The molecular weight excluding hydrogens is 264 g/mol. The molecule has 1 aromatic rings. The number of carbonyl (C=O) groups excluding carboxylic acids is 1. The van der Waals surface area contributed by atoms with Crippen LogP contribution in [0.1, 0.15) is 25.7 Å². The molecule has 4 nitrogen and oxygen atoms in total. The average molecular weight is 290 g/mol. The highest BCUT2D eigenvalue weighted by Gasteiger charge is 2.25. The number of amides is 1. The minimum Gasteiger partial charge on any atom is -0.385 e. The number of likely N-dealkylation sites (N-methyl/N-ethyl adjacent to an activating group) is 1. The number of benzene rings is 1. The summed E-state index contributed by atoms with van der Waals surface area (Å²) in [5.74, 6) is 0.229. The van der Waals surface area contributed by atoms with Gasteiger partial charge in [-0.25, -0.2) is 0 Å². The van der Waals surface area contributed by atoms with Gasteiger partial charge in [-0.3, -0.25) is 4.79 Å². The first-order valence-corrected chi connectivity index (χ1v) is 7.77. The molecule has 0 aliphatic carbocycles. The zero-order chi connectivity index (χ0) is 15.1. The minimum atomic E-state index is 0.229. The molecule has 1 saturated heterocycles. The molecule has 0 unspecified atom stereocenters. The lowest BCUT2D eigenvalue weighted by molar-refractivity contribution is -0.132. The van der Waals surface area contributed by atoms with Gasteiger partial charge >= 0.3 is 0 Å². The Morgan fingerprint density at radius 3 is 2.86 bits per heavy atom. The van der Waals surface area contributed by atoms with E-state index >= 15 is 0 Å². The molecule has 1 aromatic carbocycles. The van der Waals surface area contributed by atoms with E-state index in [4.69, 9.17) is 4.74 Å². The van der Waals surface area contributed by atoms with Crippen LogP contribution < -0.4 is 4.90 Å². The second-order valence-electron chi connectivity index (χ2n) is 5.68. The van der Waals surface area contributed by atoms with Crippen molar-refractivity contribution in [2.45, 2.75) is 31.7 Å². The van der Waals surface area contributed by atoms with Gasteiger partial charge in [-0.2, -0.15) is 0 Å². The maximum Gasteiger partial charge on any atom is 0.222 e. The molecule has 1 aliphatic heterocycles. The van der Waals surface area contributed by atoms with Gasteiger partial charge in [-0.05, 0) is 31.4 Å². The summed E-state index contributed by atoms with van der Waals surface area (Å²) >= 11 is 0. The third kappa shape index (κ3) is 4.46. The van der Waals surface area contributed by atoms with Crippen LogP contribution in [0.3, 0.4) is 0 Å². The highest BCUT2D eigenvalue weighted by Crippen LogP contribution is 2.22. The van der Waals surface area contributed by atoms with Gasteiger partial charge in [0.05, 0.1) is 0 Å². The second kappa shape index (κ2) is 8.03. The van der Waals surface area contributed by atoms with E-state index in [1.54, 1.807) is 7.11 Å². The van der Waals surface area contributed by atoms with Gasteiger partial charge in [-0.15, -0.1) is 0 Å². The zero-order valence-electron chi connectivity index (χ0n) is 13.1. The van der Waals surface area contributed by atoms with Crippen molar-refractivity contribution in [2.24, 2.45) is 0 Å². The molecule has 1 atom stereocenters. The lowest BCUT2D eigenvalue weighted by Crippen LogP contribution is -2.48. The number of carbonyl (C=O) groups is 1. The van der Waals surface area contributed by atoms with Gasteiger partial charge in [0.1, 0.15) is 0 Å². The standard InChI is InChI=1S/C17H26N2O2/c1-18(17(20)11-7-13-21-2)16-10-6-12-19(14-16)15-8-4-3-5-9-15/h3-5,8-9,16H,6-7,10-14H2,1-2H3/t16-/m0/s1. The quantitative estimate of drug-likeness (QED) is 0.755. The van der Waals surface area contributed by atoms with Gasteiger partial charge in [0.2, 0.25) is 5.91 Å². The average Bonchev–Trinajstić information content (AvgIpc) is 2.55. The molecule has 21 heavy (non-hydrogen) atoms. The van der Waals surface area contributed by atoms with Crippen LogP contribution in [0, 0.1) is 0 Å². The molecule has 4 heteroatoms. The third-order valence-electron chi connectivity index (χ3n) is 4.20. The summed E-state index contributed by atoms with van der Waals surface area (Å²) in [5, 5.41) is 0. The second-order valence-corrected chi connectivity index (χ2v) is 5.68. The summed E-state index contributed by atoms with van der Waals surface area (Å²) in [5.41, 5.74) is 1.25. The number of piperidine rings is 1. The van der Waals surface area contributed by atoms with Crippen molar-refractivity contribution >= 4 is 11.6 Å². The Morgan fingerprint density at radius 1 is 1.38 bits per heavy atom. The van der Waals surface area contributed by atoms with Crippen molar-refractivity contribution < 1.29 is 9.53 Å². The number of ether oxygens (including phenoxy) is 1. The minimum absolute atomic E-state index is 0.229. The third-order valence-corrected chi connectivity index (χ3v) is 4.20. The van der Waals surface area contributed by atoms with Crippen molar-refractivity contribution in [3.8, 4) is 0 Å². The lowest BCUT2D eigenvalue weighted by atomic mass is 10.0. The van der Waals surface area contributed by atoms with Crippen molar-refractivity contribution in [3.05, 3.63) is 30.3 Å². The molecule has 2 rings (SSSR count). The molecule has 0 radical (unpaired) electrons. The molecule has 0 saturated carbocycles. The monoisotopic (exact) mass is 290 g/mol. The fourth-order valence-corrected chi connectivity index (χ4v) is 2.89. The summed E-state index contributed by atoms with van der Waals surface area (Å²) in [6.45, 7) is 2.66. The predicted octanol–water partition coefficient (Wildman–Crippen LogP) is 2.54. The van der Waals surface area contributed by atoms with Crippen LogP contribution in [0.4, 0.5) is 5.69 Å². The summed E-state index contributed by atoms with van der Waals surface area (Å²) in [6.07, 6.45) is 3.60. The zero-order valence-corrected chi connectivity index (χ0v) is 13.1. The highest BCUT2D eigenvalue weighted by atomic mass is 16.5. The number of methoxy groups -OCH3 is 1. The van der Waals surface area contributed by atoms with Crippen LogP contribution in [0.5, 0.6) is 0 Å². The maximum atomic E-state index is 12.2. The van der Waals surface area contributed by atoms with Crippen LogP contribution in [0.15, 0.2) is 30.3 Å². The molecule has 0 spiro atoms. The van der Waals surface area contributed by atoms with Gasteiger partial charge < -0.3 is 14.5 Å². The van der Waals surface area contributed by atoms with Gasteiger partial charge in [0.25, 0.3) is 0 Å². The summed E-state index contributed by atoms with van der Waals surface area (Å²) in [7, 11) is 3.61. The normalized spacial score (nSPS) is 18.6. The van der Waals surface area contributed by atoms with Crippen LogP contribution >= 0.6 is 0 Å². The van der Waals surface area contributed by atoms with Crippen LogP contribution in [-0.4, -0.2) is 50.7 Å². The molecule has 1 aliphatic rings. The first kappa shape index (κ1) is 15.8. The summed E-state index contributed by atoms with van der Waals surface area (Å²) < 4.78 is 5.01. The Morgan fingerprint density at radius 2 is 2.14 bits per heavy atom. The lowest BCUT2D eigenvalue weighted by Gasteiger charge is -2.39. The maximum absolute atomic E-state index is 12.2. The van der Waals surface area contributed by atoms with Crippen LogP contribution in [-0.2, 0) is 9.53 Å². The fraction of sp³-hybridized carbons (Fsp3) is 0.588. The first-order valence-electron chi connectivity index (χ1n) is 7.77. The topological polar surface area (TPSA) is 32.8 Å². The van der Waals surface area contributed by atoms with Crippen LogP contribution in [0.25, 0.3) is 0 Å². The van der Waals surface area contributed by atoms with E-state index in [2.05, 4.69) is 29.2 Å². The Labute approximate surface area is 127 Å². The summed E-state index contributed by atoms with van der Waals surface area (Å²) in [6, 6.07) is 10.8. The SMILES string of the molecule is COCCCC(=O)N(C)[C@H]1CCCN(c2ccccc2)C1. The fourth-order valence-electron chi connectivity index (χ4n) is 2.89. The van der Waals surface area contributed by atoms with Gasteiger partial charge in [-0.1, -0.05) is 18.2 Å². The van der Waals surface area contributed by atoms with Crippen molar-refractivity contribution in [1.29, 1.82) is 0 Å². The van der Waals surface area contributed by atoms with Crippen LogP contribution in [0.2, 0.25) is 0 Å². The largest absolute Gasteiger partial charge is 0.385 e. The molecule has 1 fully saturated rings. The number of para-hydroxylation sites is 1. The number of hydrogen-bond acceptors (Lipinski definition) is 3. The van der Waals surface area contributed by atoms with E-state index < -0.39 is 0 Å². The smallest absolute Gasteiger partial charge is 0.222 e. The first-order chi connectivity index (χ1) is 10.2. The van der Waals surface area contributed by atoms with E-state index in [-0.39, 0.29) is 5.91 Å². The molecule has 116 valence electrons. The molecule has 0 aromatic heterocycles. The Hall–Kier alpha value is -1.55. The Bertz CT molecular complexity index is 436. The molecule has 0 bridgehead atoms. The summed E-state index contributed by atoms with van der Waals surface area (Å²) in [4.78, 5) is 16.5. The van der Waals surface area contributed by atoms with E-state index in [9.17, 15) is 4.79 Å². The highest BCUT2D eigenvalue weighted by molar-refractivity contribution is 5.76. The molecule has 1 amide bonds. The van der Waals surface area contributed by atoms with Crippen molar-refractivity contribution in [1.82, 2.24) is 4.90 Å². The number of nitrogens with zero attached hydrogens (tertiary/aromatic N) is 2. The van der Waals surface area contributed by atoms with E-state index in [0.29, 0.717) is 19.1 Å². The molecular formula is C17H26N2O2. The van der Waals surface area contributed by atoms with Crippen molar-refractivity contribution in [2.75, 3.05) is 38.8 Å². The number of rotatable bonds is 6. The Balaban J connectivity index is 1.89. The van der Waals surface area contributed by atoms with Crippen molar-refractivity contribution in [3.63, 3.8) is 0 Å². The van der Waals surface area contributed by atoms with E-state index in [0.717, 1.165) is 32.4 Å². The number of hydrogen-bond donors (Lipinski definition) is 0. The van der Waals surface area contributed by atoms with E-state index in [1.165, 1.54) is 5.69 Å².